The SMILES string of the molecule is CCc1nc(C(N)=NC#N)c(C)[nH]1. The number of aliphatic imine (C=N–C) groups is 1. The van der Waals surface area contributed by atoms with Gasteiger partial charge in [0.2, 0.25) is 6.19 Å². The molecule has 0 saturated heterocycles. The van der Waals surface area contributed by atoms with Crippen molar-refractivity contribution in [1.82, 2.24) is 9.97 Å². The Kier molecular flexibility index (Phi) is 2.65. The normalized spacial score (nSPS) is 11.3. The molecular weight excluding hydrogens is 166 g/mol. The Hall–Kier alpha value is -1.83. The summed E-state index contributed by atoms with van der Waals surface area (Å²) in [4.78, 5) is 10.7. The fourth-order valence-corrected chi connectivity index (χ4v) is 1.05. The second kappa shape index (κ2) is 3.72. The van der Waals surface area contributed by atoms with Gasteiger partial charge in [-0.2, -0.15) is 10.3 Å². The number of hydrogen-bond acceptors (Lipinski definition) is 3. The molecule has 0 amide bonds. The Balaban J connectivity index is 3.09. The summed E-state index contributed by atoms with van der Waals surface area (Å²) in [6.45, 7) is 3.83. The smallest absolute Gasteiger partial charge is 0.207 e. The van der Waals surface area contributed by atoms with E-state index in [0.29, 0.717) is 5.69 Å². The van der Waals surface area contributed by atoms with Crippen LogP contribution in [-0.4, -0.2) is 15.8 Å². The second-order valence-electron chi connectivity index (χ2n) is 2.61. The van der Waals surface area contributed by atoms with Gasteiger partial charge < -0.3 is 10.7 Å². The maximum atomic E-state index is 8.30. The Morgan fingerprint density at radius 1 is 1.77 bits per heavy atom. The quantitative estimate of drug-likeness (QED) is 0.390. The van der Waals surface area contributed by atoms with E-state index in [1.165, 1.54) is 0 Å². The van der Waals surface area contributed by atoms with Crippen LogP contribution < -0.4 is 5.73 Å². The van der Waals surface area contributed by atoms with Crippen molar-refractivity contribution >= 4 is 5.84 Å². The summed E-state index contributed by atoms with van der Waals surface area (Å²) < 4.78 is 0. The monoisotopic (exact) mass is 177 g/mol. The highest BCUT2D eigenvalue weighted by Crippen LogP contribution is 2.04. The lowest BCUT2D eigenvalue weighted by atomic mass is 10.3. The van der Waals surface area contributed by atoms with Crippen molar-refractivity contribution in [2.75, 3.05) is 0 Å². The highest BCUT2D eigenvalue weighted by Gasteiger charge is 2.08. The van der Waals surface area contributed by atoms with Crippen LogP contribution in [0, 0.1) is 18.4 Å². The molecule has 0 aliphatic rings. The molecule has 1 aromatic rings. The zero-order valence-corrected chi connectivity index (χ0v) is 7.63. The van der Waals surface area contributed by atoms with Gasteiger partial charge >= 0.3 is 0 Å². The molecule has 5 heteroatoms. The Morgan fingerprint density at radius 3 is 2.92 bits per heavy atom. The number of nitrogens with zero attached hydrogens (tertiary/aromatic N) is 3. The first-order valence-corrected chi connectivity index (χ1v) is 3.97. The van der Waals surface area contributed by atoms with Crippen LogP contribution in [0.4, 0.5) is 0 Å². The minimum atomic E-state index is 0.163. The third-order valence-corrected chi connectivity index (χ3v) is 1.68. The van der Waals surface area contributed by atoms with Crippen molar-refractivity contribution in [3.8, 4) is 6.19 Å². The molecule has 3 N–H and O–H groups in total. The Labute approximate surface area is 76.3 Å². The summed E-state index contributed by atoms with van der Waals surface area (Å²) in [5, 5.41) is 8.30. The van der Waals surface area contributed by atoms with Gasteiger partial charge in [0.25, 0.3) is 0 Å². The van der Waals surface area contributed by atoms with E-state index >= 15 is 0 Å². The number of nitrogens with two attached hydrogens (primary N) is 1. The number of H-pyrrole nitrogens is 1. The van der Waals surface area contributed by atoms with Crippen LogP contribution in [0.25, 0.3) is 0 Å². The van der Waals surface area contributed by atoms with Crippen molar-refractivity contribution in [2.24, 2.45) is 10.7 Å². The largest absolute Gasteiger partial charge is 0.381 e. The Bertz CT molecular complexity index is 368. The van der Waals surface area contributed by atoms with E-state index in [4.69, 9.17) is 11.0 Å². The topological polar surface area (TPSA) is 90.8 Å². The van der Waals surface area contributed by atoms with Gasteiger partial charge in [0.15, 0.2) is 5.84 Å². The van der Waals surface area contributed by atoms with Crippen LogP contribution >= 0.6 is 0 Å². The van der Waals surface area contributed by atoms with Crippen molar-refractivity contribution in [3.63, 3.8) is 0 Å². The van der Waals surface area contributed by atoms with Crippen LogP contribution in [0.1, 0.15) is 24.1 Å². The number of nitriles is 1. The zero-order chi connectivity index (χ0) is 9.84. The van der Waals surface area contributed by atoms with Gasteiger partial charge in [0, 0.05) is 12.1 Å². The van der Waals surface area contributed by atoms with Crippen molar-refractivity contribution in [3.05, 3.63) is 17.2 Å². The number of aromatic amines is 1. The molecule has 1 heterocycles. The molecule has 13 heavy (non-hydrogen) atoms. The van der Waals surface area contributed by atoms with Gasteiger partial charge in [-0.15, -0.1) is 0 Å². The van der Waals surface area contributed by atoms with Gasteiger partial charge in [-0.3, -0.25) is 0 Å². The molecule has 0 unspecified atom stereocenters. The van der Waals surface area contributed by atoms with Gasteiger partial charge in [0.1, 0.15) is 11.5 Å². The van der Waals surface area contributed by atoms with Crippen LogP contribution in [0.3, 0.4) is 0 Å². The molecular formula is C8H11N5. The maximum Gasteiger partial charge on any atom is 0.207 e. The predicted molar refractivity (Wildman–Crippen MR) is 49.0 cm³/mol. The van der Waals surface area contributed by atoms with E-state index in [0.717, 1.165) is 17.9 Å². The summed E-state index contributed by atoms with van der Waals surface area (Å²) in [7, 11) is 0. The molecule has 0 bridgehead atoms. The molecule has 0 radical (unpaired) electrons. The number of imidazole rings is 1. The van der Waals surface area contributed by atoms with Crippen LogP contribution in [0.5, 0.6) is 0 Å². The molecule has 68 valence electrons. The summed E-state index contributed by atoms with van der Waals surface area (Å²) in [6, 6.07) is 0. The van der Waals surface area contributed by atoms with E-state index in [-0.39, 0.29) is 5.84 Å². The standard InChI is InChI=1S/C8H11N5/c1-3-6-12-5(2)7(13-6)8(10)11-4-9/h3H2,1-2H3,(H2,10,11)(H,12,13). The van der Waals surface area contributed by atoms with Gasteiger partial charge in [0.05, 0.1) is 0 Å². The average molecular weight is 177 g/mol. The second-order valence-corrected chi connectivity index (χ2v) is 2.61. The molecule has 0 saturated carbocycles. The summed E-state index contributed by atoms with van der Waals surface area (Å²) >= 11 is 0. The lowest BCUT2D eigenvalue weighted by Crippen LogP contribution is -2.14. The minimum Gasteiger partial charge on any atom is -0.381 e. The van der Waals surface area contributed by atoms with Gasteiger partial charge in [-0.1, -0.05) is 6.92 Å². The van der Waals surface area contributed by atoms with E-state index < -0.39 is 0 Å². The van der Waals surface area contributed by atoms with Gasteiger partial charge in [-0.05, 0) is 6.92 Å². The first-order valence-electron chi connectivity index (χ1n) is 3.97. The van der Waals surface area contributed by atoms with Crippen LogP contribution in [-0.2, 0) is 6.42 Å². The molecule has 0 atom stereocenters. The maximum absolute atomic E-state index is 8.30. The number of amidine groups is 1. The highest BCUT2D eigenvalue weighted by atomic mass is 15.0. The first-order chi connectivity index (χ1) is 6.19. The lowest BCUT2D eigenvalue weighted by Gasteiger charge is -1.91. The molecule has 1 aromatic heterocycles. The van der Waals surface area contributed by atoms with Crippen molar-refractivity contribution in [2.45, 2.75) is 20.3 Å². The summed E-state index contributed by atoms with van der Waals surface area (Å²) in [5.74, 6) is 1.01. The number of nitrogens with one attached hydrogen (secondary N) is 1. The molecule has 0 aliphatic heterocycles. The summed E-state index contributed by atoms with van der Waals surface area (Å²) in [6.07, 6.45) is 2.44. The molecule has 0 fully saturated rings. The minimum absolute atomic E-state index is 0.163. The van der Waals surface area contributed by atoms with Crippen LogP contribution in [0.2, 0.25) is 0 Å². The number of aryl methyl sites for hydroxylation is 2. The Morgan fingerprint density at radius 2 is 2.46 bits per heavy atom. The van der Waals surface area contributed by atoms with Crippen molar-refractivity contribution < 1.29 is 0 Å². The third kappa shape index (κ3) is 1.85. The number of hydrogen-bond donors (Lipinski definition) is 2. The molecule has 5 nitrogen and oxygen atoms in total. The fraction of sp³-hybridized carbons (Fsp3) is 0.375. The van der Waals surface area contributed by atoms with Crippen LogP contribution in [0.15, 0.2) is 4.99 Å². The highest BCUT2D eigenvalue weighted by molar-refractivity contribution is 5.97. The van der Waals surface area contributed by atoms with E-state index in [2.05, 4.69) is 15.0 Å². The zero-order valence-electron chi connectivity index (χ0n) is 7.63. The van der Waals surface area contributed by atoms with E-state index in [1.807, 2.05) is 13.8 Å². The predicted octanol–water partition coefficient (Wildman–Crippen LogP) is 0.467. The molecule has 0 spiro atoms. The van der Waals surface area contributed by atoms with Gasteiger partial charge in [-0.25, -0.2) is 4.98 Å². The van der Waals surface area contributed by atoms with E-state index in [9.17, 15) is 0 Å². The number of rotatable bonds is 2. The third-order valence-electron chi connectivity index (χ3n) is 1.68. The average Bonchev–Trinajstić information content (AvgIpc) is 2.47. The summed E-state index contributed by atoms with van der Waals surface area (Å²) in [5.41, 5.74) is 6.93. The molecule has 0 aliphatic carbocycles. The number of aromatic nitrogens is 2. The first kappa shape index (κ1) is 9.26. The van der Waals surface area contributed by atoms with Crippen molar-refractivity contribution in [1.29, 1.82) is 5.26 Å². The molecule has 1 rings (SSSR count). The lowest BCUT2D eigenvalue weighted by molar-refractivity contribution is 0.981. The van der Waals surface area contributed by atoms with E-state index in [1.54, 1.807) is 6.19 Å². The molecule has 0 aromatic carbocycles. The fourth-order valence-electron chi connectivity index (χ4n) is 1.05.